The van der Waals surface area contributed by atoms with Crippen LogP contribution in [-0.4, -0.2) is 49.3 Å². The summed E-state index contributed by atoms with van der Waals surface area (Å²) >= 11 is 0. The normalized spacial score (nSPS) is 13.9. The number of benzene rings is 2. The first-order valence-electron chi connectivity index (χ1n) is 9.57. The molecule has 0 spiro atoms. The van der Waals surface area contributed by atoms with Crippen LogP contribution < -0.4 is 14.2 Å². The van der Waals surface area contributed by atoms with Gasteiger partial charge in [0.25, 0.3) is 0 Å². The largest absolute Gasteiger partial charge is 0.497 e. The molecule has 1 aliphatic heterocycles. The Morgan fingerprint density at radius 2 is 1.68 bits per heavy atom. The predicted octanol–water partition coefficient (Wildman–Crippen LogP) is 3.21. The molecular formula is C22H29NO5. The van der Waals surface area contributed by atoms with Crippen LogP contribution in [0.2, 0.25) is 0 Å². The van der Waals surface area contributed by atoms with Crippen molar-refractivity contribution in [3.05, 3.63) is 53.6 Å². The van der Waals surface area contributed by atoms with Crippen molar-refractivity contribution in [2.24, 2.45) is 0 Å². The van der Waals surface area contributed by atoms with Gasteiger partial charge in [0, 0.05) is 19.6 Å². The van der Waals surface area contributed by atoms with Crippen LogP contribution >= 0.6 is 0 Å². The molecule has 152 valence electrons. The quantitative estimate of drug-likeness (QED) is 0.676. The molecule has 2 aromatic carbocycles. The van der Waals surface area contributed by atoms with E-state index in [2.05, 4.69) is 4.90 Å². The smallest absolute Gasteiger partial charge is 0.231 e. The minimum atomic E-state index is -0.561. The highest BCUT2D eigenvalue weighted by Crippen LogP contribution is 2.33. The molecule has 2 aromatic rings. The fourth-order valence-electron chi connectivity index (χ4n) is 3.13. The third kappa shape index (κ3) is 5.86. The average Bonchev–Trinajstić information content (AvgIpc) is 3.15. The summed E-state index contributed by atoms with van der Waals surface area (Å²) in [6.07, 6.45) is -0.465. The third-order valence-corrected chi connectivity index (χ3v) is 4.50. The summed E-state index contributed by atoms with van der Waals surface area (Å²) in [5.41, 5.74) is 2.26. The lowest BCUT2D eigenvalue weighted by molar-refractivity contribution is -0.0106. The van der Waals surface area contributed by atoms with Gasteiger partial charge >= 0.3 is 0 Å². The Balaban J connectivity index is 1.69. The fraction of sp³-hybridized carbons (Fsp3) is 0.455. The van der Waals surface area contributed by atoms with Gasteiger partial charge in [0.15, 0.2) is 11.5 Å². The lowest BCUT2D eigenvalue weighted by atomic mass is 10.1. The number of aliphatic hydroxyl groups is 1. The molecule has 1 unspecified atom stereocenters. The molecule has 0 saturated heterocycles. The Labute approximate surface area is 166 Å². The second kappa shape index (κ2) is 9.78. The van der Waals surface area contributed by atoms with Crippen LogP contribution in [0, 0.1) is 0 Å². The van der Waals surface area contributed by atoms with E-state index in [1.54, 1.807) is 7.11 Å². The van der Waals surface area contributed by atoms with Crippen molar-refractivity contribution >= 4 is 0 Å². The van der Waals surface area contributed by atoms with E-state index < -0.39 is 6.10 Å². The maximum Gasteiger partial charge on any atom is 0.231 e. The van der Waals surface area contributed by atoms with Gasteiger partial charge in [-0.3, -0.25) is 4.90 Å². The first kappa shape index (κ1) is 20.5. The lowest BCUT2D eigenvalue weighted by Gasteiger charge is -2.26. The molecule has 0 saturated carbocycles. The number of nitrogens with zero attached hydrogens (tertiary/aromatic N) is 1. The molecule has 0 radical (unpaired) electrons. The van der Waals surface area contributed by atoms with E-state index in [-0.39, 0.29) is 12.9 Å². The van der Waals surface area contributed by atoms with E-state index in [4.69, 9.17) is 18.9 Å². The Bertz CT molecular complexity index is 747. The summed E-state index contributed by atoms with van der Waals surface area (Å²) in [5, 5.41) is 10.4. The van der Waals surface area contributed by atoms with Crippen molar-refractivity contribution in [3.8, 4) is 17.2 Å². The number of rotatable bonds is 10. The van der Waals surface area contributed by atoms with Crippen LogP contribution in [0.4, 0.5) is 0 Å². The summed E-state index contributed by atoms with van der Waals surface area (Å²) < 4.78 is 21.7. The molecule has 1 N–H and O–H groups in total. The summed E-state index contributed by atoms with van der Waals surface area (Å²) in [7, 11) is 1.66. The Morgan fingerprint density at radius 1 is 1.00 bits per heavy atom. The van der Waals surface area contributed by atoms with Crippen LogP contribution in [0.5, 0.6) is 17.2 Å². The van der Waals surface area contributed by atoms with Gasteiger partial charge in [-0.05, 0) is 49.2 Å². The molecule has 28 heavy (non-hydrogen) atoms. The Kier molecular flexibility index (Phi) is 7.14. The zero-order valence-corrected chi connectivity index (χ0v) is 16.8. The van der Waals surface area contributed by atoms with Crippen molar-refractivity contribution in [2.45, 2.75) is 39.1 Å². The standard InChI is InChI=1S/C22H29NO5/c1-16(2)26-14-19(24)13-23(11-17-4-7-20(25-3)8-5-17)12-18-6-9-21-22(10-18)28-15-27-21/h4-10,16,19,24H,11-15H2,1-3H3. The fourth-order valence-corrected chi connectivity index (χ4v) is 3.13. The minimum absolute atomic E-state index is 0.0959. The second-order valence-corrected chi connectivity index (χ2v) is 7.24. The number of aliphatic hydroxyl groups excluding tert-OH is 1. The summed E-state index contributed by atoms with van der Waals surface area (Å²) in [5.74, 6) is 2.37. The summed E-state index contributed by atoms with van der Waals surface area (Å²) in [4.78, 5) is 2.20. The van der Waals surface area contributed by atoms with E-state index >= 15 is 0 Å². The molecule has 0 aromatic heterocycles. The zero-order chi connectivity index (χ0) is 19.9. The monoisotopic (exact) mass is 387 g/mol. The van der Waals surface area contributed by atoms with Crippen LogP contribution in [0.3, 0.4) is 0 Å². The van der Waals surface area contributed by atoms with Gasteiger partial charge < -0.3 is 24.1 Å². The van der Waals surface area contributed by atoms with E-state index in [0.717, 1.165) is 28.4 Å². The van der Waals surface area contributed by atoms with Crippen molar-refractivity contribution in [1.29, 1.82) is 0 Å². The molecule has 6 nitrogen and oxygen atoms in total. The van der Waals surface area contributed by atoms with Gasteiger partial charge in [-0.15, -0.1) is 0 Å². The molecule has 0 fully saturated rings. The van der Waals surface area contributed by atoms with Gasteiger partial charge in [-0.1, -0.05) is 18.2 Å². The van der Waals surface area contributed by atoms with Gasteiger partial charge in [0.05, 0.1) is 25.9 Å². The predicted molar refractivity (Wildman–Crippen MR) is 107 cm³/mol. The third-order valence-electron chi connectivity index (χ3n) is 4.50. The van der Waals surface area contributed by atoms with Crippen LogP contribution in [0.25, 0.3) is 0 Å². The van der Waals surface area contributed by atoms with E-state index in [1.807, 2.05) is 56.3 Å². The van der Waals surface area contributed by atoms with Gasteiger partial charge in [-0.2, -0.15) is 0 Å². The molecule has 0 amide bonds. The number of fused-ring (bicyclic) bond motifs is 1. The molecule has 1 atom stereocenters. The average molecular weight is 387 g/mol. The zero-order valence-electron chi connectivity index (χ0n) is 16.8. The van der Waals surface area contributed by atoms with E-state index in [1.165, 1.54) is 0 Å². The van der Waals surface area contributed by atoms with Gasteiger partial charge in [0.1, 0.15) is 5.75 Å². The van der Waals surface area contributed by atoms with Crippen molar-refractivity contribution in [2.75, 3.05) is 27.1 Å². The second-order valence-electron chi connectivity index (χ2n) is 7.24. The SMILES string of the molecule is COc1ccc(CN(Cc2ccc3c(c2)OCO3)CC(O)COC(C)C)cc1. The molecule has 0 bridgehead atoms. The Morgan fingerprint density at radius 3 is 2.39 bits per heavy atom. The summed E-state index contributed by atoms with van der Waals surface area (Å²) in [6, 6.07) is 14.0. The van der Waals surface area contributed by atoms with Crippen molar-refractivity contribution in [1.82, 2.24) is 4.90 Å². The minimum Gasteiger partial charge on any atom is -0.497 e. The molecule has 1 heterocycles. The first-order chi connectivity index (χ1) is 13.5. The van der Waals surface area contributed by atoms with Gasteiger partial charge in [0.2, 0.25) is 6.79 Å². The number of hydrogen-bond acceptors (Lipinski definition) is 6. The first-order valence-corrected chi connectivity index (χ1v) is 9.57. The van der Waals surface area contributed by atoms with E-state index in [0.29, 0.717) is 26.2 Å². The van der Waals surface area contributed by atoms with E-state index in [9.17, 15) is 5.11 Å². The van der Waals surface area contributed by atoms with Gasteiger partial charge in [-0.25, -0.2) is 0 Å². The number of hydrogen-bond donors (Lipinski definition) is 1. The van der Waals surface area contributed by atoms with Crippen LogP contribution in [-0.2, 0) is 17.8 Å². The highest BCUT2D eigenvalue weighted by Gasteiger charge is 2.17. The van der Waals surface area contributed by atoms with Crippen molar-refractivity contribution < 1.29 is 24.1 Å². The highest BCUT2D eigenvalue weighted by atomic mass is 16.7. The number of methoxy groups -OCH3 is 1. The molecule has 6 heteroatoms. The molecule has 3 rings (SSSR count). The molecular weight excluding hydrogens is 358 g/mol. The topological polar surface area (TPSA) is 60.4 Å². The van der Waals surface area contributed by atoms with Crippen LogP contribution in [0.1, 0.15) is 25.0 Å². The maximum absolute atomic E-state index is 10.4. The number of ether oxygens (including phenoxy) is 4. The summed E-state index contributed by atoms with van der Waals surface area (Å²) in [6.45, 7) is 6.41. The maximum atomic E-state index is 10.4. The van der Waals surface area contributed by atoms with Crippen molar-refractivity contribution in [3.63, 3.8) is 0 Å². The Hall–Kier alpha value is -2.28. The van der Waals surface area contributed by atoms with Crippen LogP contribution in [0.15, 0.2) is 42.5 Å². The highest BCUT2D eigenvalue weighted by molar-refractivity contribution is 5.44. The lowest BCUT2D eigenvalue weighted by Crippen LogP contribution is -2.34. The molecule has 1 aliphatic rings. The molecule has 0 aliphatic carbocycles.